The van der Waals surface area contributed by atoms with E-state index in [9.17, 15) is 4.79 Å². The predicted octanol–water partition coefficient (Wildman–Crippen LogP) is 4.11. The number of rotatable bonds is 7. The highest BCUT2D eigenvalue weighted by atomic mass is 16.7. The van der Waals surface area contributed by atoms with Gasteiger partial charge in [0.15, 0.2) is 11.5 Å². The first-order valence-electron chi connectivity index (χ1n) is 11.8. The van der Waals surface area contributed by atoms with Gasteiger partial charge in [-0.3, -0.25) is 4.90 Å². The summed E-state index contributed by atoms with van der Waals surface area (Å²) >= 11 is 0. The van der Waals surface area contributed by atoms with Crippen LogP contribution in [0.2, 0.25) is 0 Å². The summed E-state index contributed by atoms with van der Waals surface area (Å²) in [5.41, 5.74) is 3.04. The van der Waals surface area contributed by atoms with Crippen LogP contribution < -0.4 is 29.7 Å². The van der Waals surface area contributed by atoms with Gasteiger partial charge >= 0.3 is 6.03 Å². The summed E-state index contributed by atoms with van der Waals surface area (Å²) in [6, 6.07) is 23.4. The van der Waals surface area contributed by atoms with Crippen LogP contribution in [-0.2, 0) is 0 Å². The Balaban J connectivity index is 1.27. The quantitative estimate of drug-likeness (QED) is 0.537. The van der Waals surface area contributed by atoms with Gasteiger partial charge in [0.05, 0.1) is 13.2 Å². The van der Waals surface area contributed by atoms with Crippen LogP contribution in [0.5, 0.6) is 17.2 Å². The van der Waals surface area contributed by atoms with Gasteiger partial charge in [0.1, 0.15) is 5.75 Å². The molecule has 35 heavy (non-hydrogen) atoms. The van der Waals surface area contributed by atoms with Crippen molar-refractivity contribution in [2.75, 3.05) is 56.8 Å². The molecule has 2 aliphatic rings. The Morgan fingerprint density at radius 3 is 2.43 bits per heavy atom. The molecule has 2 amide bonds. The molecular weight excluding hydrogens is 444 g/mol. The largest absolute Gasteiger partial charge is 0.497 e. The SMILES string of the molecule is COc1ccc(N2CCN([C@H](CNC(=O)Nc3ccccc3)c3ccc4c(c3)OCO4)CC2)cc1. The number of benzene rings is 3. The monoisotopic (exact) mass is 474 g/mol. The van der Waals surface area contributed by atoms with E-state index in [-0.39, 0.29) is 18.9 Å². The van der Waals surface area contributed by atoms with Crippen molar-refractivity contribution in [2.24, 2.45) is 0 Å². The van der Waals surface area contributed by atoms with E-state index in [1.807, 2.05) is 54.6 Å². The van der Waals surface area contributed by atoms with Crippen molar-refractivity contribution >= 4 is 17.4 Å². The minimum Gasteiger partial charge on any atom is -0.497 e. The molecular formula is C27H30N4O4. The molecule has 1 atom stereocenters. The Morgan fingerprint density at radius 1 is 0.943 bits per heavy atom. The minimum absolute atomic E-state index is 0.00374. The zero-order valence-corrected chi connectivity index (χ0v) is 19.8. The molecule has 3 aromatic rings. The molecule has 8 nitrogen and oxygen atoms in total. The average Bonchev–Trinajstić information content (AvgIpc) is 3.38. The summed E-state index contributed by atoms with van der Waals surface area (Å²) in [5, 5.41) is 5.96. The number of amides is 2. The van der Waals surface area contributed by atoms with Gasteiger partial charge < -0.3 is 29.7 Å². The lowest BCUT2D eigenvalue weighted by Crippen LogP contribution is -2.50. The molecule has 8 heteroatoms. The third-order valence-electron chi connectivity index (χ3n) is 6.46. The second-order valence-electron chi connectivity index (χ2n) is 8.55. The Bertz CT molecular complexity index is 1130. The Labute approximate surface area is 205 Å². The highest BCUT2D eigenvalue weighted by Crippen LogP contribution is 2.36. The molecule has 0 spiro atoms. The van der Waals surface area contributed by atoms with Crippen molar-refractivity contribution in [3.05, 3.63) is 78.4 Å². The number of piperazine rings is 1. The maximum absolute atomic E-state index is 12.6. The molecule has 2 heterocycles. The van der Waals surface area contributed by atoms with Crippen LogP contribution in [-0.4, -0.2) is 57.6 Å². The van der Waals surface area contributed by atoms with Gasteiger partial charge in [-0.2, -0.15) is 0 Å². The second-order valence-corrected chi connectivity index (χ2v) is 8.55. The predicted molar refractivity (Wildman–Crippen MR) is 136 cm³/mol. The molecule has 5 rings (SSSR count). The van der Waals surface area contributed by atoms with Gasteiger partial charge in [-0.15, -0.1) is 0 Å². The zero-order chi connectivity index (χ0) is 24.0. The fourth-order valence-corrected chi connectivity index (χ4v) is 4.55. The fraction of sp³-hybridized carbons (Fsp3) is 0.296. The first-order chi connectivity index (χ1) is 17.2. The zero-order valence-electron chi connectivity index (χ0n) is 19.8. The smallest absolute Gasteiger partial charge is 0.319 e. The van der Waals surface area contributed by atoms with Crippen molar-refractivity contribution in [1.29, 1.82) is 0 Å². The van der Waals surface area contributed by atoms with Crippen molar-refractivity contribution in [2.45, 2.75) is 6.04 Å². The van der Waals surface area contributed by atoms with Crippen LogP contribution in [0.1, 0.15) is 11.6 Å². The number of hydrogen-bond acceptors (Lipinski definition) is 6. The van der Waals surface area contributed by atoms with Crippen LogP contribution in [0.3, 0.4) is 0 Å². The van der Waals surface area contributed by atoms with Crippen molar-refractivity contribution in [1.82, 2.24) is 10.2 Å². The molecule has 0 radical (unpaired) electrons. The molecule has 1 saturated heterocycles. The van der Waals surface area contributed by atoms with E-state index in [1.54, 1.807) is 7.11 Å². The third-order valence-corrected chi connectivity index (χ3v) is 6.46. The summed E-state index contributed by atoms with van der Waals surface area (Å²) in [5.74, 6) is 2.36. The van der Waals surface area contributed by atoms with Gasteiger partial charge in [0.2, 0.25) is 6.79 Å². The number of hydrogen-bond donors (Lipinski definition) is 2. The Morgan fingerprint density at radius 2 is 1.69 bits per heavy atom. The number of carbonyl (C=O) groups is 1. The molecule has 1 fully saturated rings. The van der Waals surface area contributed by atoms with E-state index in [1.165, 1.54) is 5.69 Å². The van der Waals surface area contributed by atoms with Gasteiger partial charge in [0.25, 0.3) is 0 Å². The molecule has 2 N–H and O–H groups in total. The molecule has 0 bridgehead atoms. The van der Waals surface area contributed by atoms with Crippen LogP contribution in [0, 0.1) is 0 Å². The van der Waals surface area contributed by atoms with Crippen LogP contribution in [0.15, 0.2) is 72.8 Å². The Hall–Kier alpha value is -3.91. The number of ether oxygens (including phenoxy) is 3. The summed E-state index contributed by atoms with van der Waals surface area (Å²) in [4.78, 5) is 17.4. The fourth-order valence-electron chi connectivity index (χ4n) is 4.55. The number of urea groups is 1. The second kappa shape index (κ2) is 10.6. The number of nitrogens with zero attached hydrogens (tertiary/aromatic N) is 2. The Kier molecular flexibility index (Phi) is 6.90. The number of carbonyl (C=O) groups excluding carboxylic acids is 1. The highest BCUT2D eigenvalue weighted by molar-refractivity contribution is 5.89. The van der Waals surface area contributed by atoms with Crippen molar-refractivity contribution < 1.29 is 19.0 Å². The van der Waals surface area contributed by atoms with Crippen LogP contribution in [0.25, 0.3) is 0 Å². The standard InChI is InChI=1S/C27H30N4O4/c1-33-23-10-8-22(9-11-23)30-13-15-31(16-14-30)24(20-7-12-25-26(17-20)35-19-34-25)18-28-27(32)29-21-5-3-2-4-6-21/h2-12,17,24H,13-16,18-19H2,1H3,(H2,28,29,32)/t24-/m1/s1. The van der Waals surface area contributed by atoms with E-state index in [2.05, 4.69) is 38.6 Å². The average molecular weight is 475 g/mol. The summed E-state index contributed by atoms with van der Waals surface area (Å²) in [7, 11) is 1.68. The van der Waals surface area contributed by atoms with E-state index in [0.29, 0.717) is 6.54 Å². The lowest BCUT2D eigenvalue weighted by atomic mass is 10.0. The molecule has 182 valence electrons. The summed E-state index contributed by atoms with van der Waals surface area (Å²) in [6.07, 6.45) is 0. The first-order valence-corrected chi connectivity index (χ1v) is 11.8. The number of methoxy groups -OCH3 is 1. The van der Waals surface area contributed by atoms with E-state index in [0.717, 1.165) is 54.7 Å². The molecule has 3 aromatic carbocycles. The van der Waals surface area contributed by atoms with E-state index in [4.69, 9.17) is 14.2 Å². The third kappa shape index (κ3) is 5.44. The van der Waals surface area contributed by atoms with Crippen LogP contribution >= 0.6 is 0 Å². The van der Waals surface area contributed by atoms with Gasteiger partial charge in [-0.25, -0.2) is 4.79 Å². The lowest BCUT2D eigenvalue weighted by molar-refractivity contribution is 0.173. The molecule has 0 unspecified atom stereocenters. The van der Waals surface area contributed by atoms with E-state index < -0.39 is 0 Å². The topological polar surface area (TPSA) is 75.3 Å². The molecule has 0 saturated carbocycles. The maximum Gasteiger partial charge on any atom is 0.319 e. The van der Waals surface area contributed by atoms with Crippen molar-refractivity contribution in [3.8, 4) is 17.2 Å². The lowest BCUT2D eigenvalue weighted by Gasteiger charge is -2.40. The van der Waals surface area contributed by atoms with Gasteiger partial charge in [-0.1, -0.05) is 24.3 Å². The van der Waals surface area contributed by atoms with Crippen molar-refractivity contribution in [3.63, 3.8) is 0 Å². The van der Waals surface area contributed by atoms with Gasteiger partial charge in [0, 0.05) is 44.1 Å². The molecule has 0 aliphatic carbocycles. The molecule has 0 aromatic heterocycles. The number of para-hydroxylation sites is 1. The summed E-state index contributed by atoms with van der Waals surface area (Å²) < 4.78 is 16.4. The van der Waals surface area contributed by atoms with E-state index >= 15 is 0 Å². The normalized spacial score (nSPS) is 16.0. The van der Waals surface area contributed by atoms with Crippen LogP contribution in [0.4, 0.5) is 16.2 Å². The maximum atomic E-state index is 12.6. The molecule has 2 aliphatic heterocycles. The number of fused-ring (bicyclic) bond motifs is 1. The number of anilines is 2. The minimum atomic E-state index is -0.223. The highest BCUT2D eigenvalue weighted by Gasteiger charge is 2.27. The van der Waals surface area contributed by atoms with Gasteiger partial charge in [-0.05, 0) is 54.1 Å². The summed E-state index contributed by atoms with van der Waals surface area (Å²) in [6.45, 7) is 4.23. The first kappa shape index (κ1) is 22.9. The number of nitrogens with one attached hydrogen (secondary N) is 2.